The molecule has 0 aliphatic heterocycles. The molecule has 0 aliphatic rings. The van der Waals surface area contributed by atoms with E-state index >= 15 is 0 Å². The fourth-order valence-electron chi connectivity index (χ4n) is 1.89. The monoisotopic (exact) mass is 306 g/mol. The van der Waals surface area contributed by atoms with Gasteiger partial charge in [0.25, 0.3) is 0 Å². The molecule has 0 bridgehead atoms. The first-order valence-electron chi connectivity index (χ1n) is 6.41. The van der Waals surface area contributed by atoms with E-state index < -0.39 is 10.0 Å². The summed E-state index contributed by atoms with van der Waals surface area (Å²) in [5, 5.41) is 0. The first-order valence-corrected chi connectivity index (χ1v) is 7.90. The molecular weight excluding hydrogens is 288 g/mol. The van der Waals surface area contributed by atoms with Gasteiger partial charge in [-0.05, 0) is 50.2 Å². The van der Waals surface area contributed by atoms with Crippen molar-refractivity contribution in [1.29, 1.82) is 0 Å². The first kappa shape index (κ1) is 15.3. The minimum atomic E-state index is -3.56. The van der Waals surface area contributed by atoms with Crippen molar-refractivity contribution in [3.05, 3.63) is 47.5 Å². The van der Waals surface area contributed by atoms with Crippen LogP contribution in [0.15, 0.2) is 41.3 Å². The van der Waals surface area contributed by atoms with Crippen molar-refractivity contribution in [2.45, 2.75) is 18.7 Å². The van der Waals surface area contributed by atoms with Crippen LogP contribution in [0.25, 0.3) is 0 Å². The van der Waals surface area contributed by atoms with Gasteiger partial charge in [-0.25, -0.2) is 13.1 Å². The molecule has 0 unspecified atom stereocenters. The number of nitrogens with two attached hydrogens (primary N) is 1. The van der Waals surface area contributed by atoms with Crippen LogP contribution in [0.5, 0.6) is 11.5 Å². The quantitative estimate of drug-likeness (QED) is 0.851. The third kappa shape index (κ3) is 3.34. The molecule has 112 valence electrons. The van der Waals surface area contributed by atoms with Crippen LogP contribution in [-0.4, -0.2) is 15.5 Å². The van der Waals surface area contributed by atoms with E-state index in [-0.39, 0.29) is 10.6 Å². The summed E-state index contributed by atoms with van der Waals surface area (Å²) in [6, 6.07) is 10.4. The molecule has 21 heavy (non-hydrogen) atoms. The van der Waals surface area contributed by atoms with Gasteiger partial charge < -0.3 is 10.5 Å². The van der Waals surface area contributed by atoms with Crippen LogP contribution in [0.3, 0.4) is 0 Å². The van der Waals surface area contributed by atoms with Crippen LogP contribution >= 0.6 is 0 Å². The Morgan fingerprint density at radius 2 is 1.81 bits per heavy atom. The van der Waals surface area contributed by atoms with Crippen molar-refractivity contribution in [2.75, 3.05) is 12.8 Å². The van der Waals surface area contributed by atoms with E-state index in [1.165, 1.54) is 19.2 Å². The number of anilines is 1. The Labute approximate surface area is 124 Å². The number of hydrogen-bond donors (Lipinski definition) is 2. The van der Waals surface area contributed by atoms with E-state index in [9.17, 15) is 8.42 Å². The van der Waals surface area contributed by atoms with Gasteiger partial charge in [-0.15, -0.1) is 0 Å². The molecule has 0 aromatic heterocycles. The van der Waals surface area contributed by atoms with Crippen molar-refractivity contribution >= 4 is 15.7 Å². The molecule has 0 spiro atoms. The van der Waals surface area contributed by atoms with E-state index in [0.717, 1.165) is 16.9 Å². The molecule has 2 aromatic carbocycles. The van der Waals surface area contributed by atoms with Gasteiger partial charge >= 0.3 is 0 Å². The zero-order chi connectivity index (χ0) is 15.6. The maximum Gasteiger partial charge on any atom is 0.242 e. The van der Waals surface area contributed by atoms with Crippen LogP contribution in [0.4, 0.5) is 5.69 Å². The highest BCUT2D eigenvalue weighted by Gasteiger charge is 2.16. The molecule has 3 N–H and O–H groups in total. The molecule has 0 aliphatic carbocycles. The number of benzene rings is 2. The van der Waals surface area contributed by atoms with Crippen LogP contribution in [0, 0.1) is 13.8 Å². The highest BCUT2D eigenvalue weighted by molar-refractivity contribution is 7.89. The smallest absolute Gasteiger partial charge is 0.242 e. The maximum absolute atomic E-state index is 11.8. The van der Waals surface area contributed by atoms with Crippen LogP contribution in [-0.2, 0) is 10.0 Å². The summed E-state index contributed by atoms with van der Waals surface area (Å²) < 4.78 is 31.5. The summed E-state index contributed by atoms with van der Waals surface area (Å²) >= 11 is 0. The lowest BCUT2D eigenvalue weighted by Gasteiger charge is -2.12. The van der Waals surface area contributed by atoms with Gasteiger partial charge in [-0.3, -0.25) is 0 Å². The summed E-state index contributed by atoms with van der Waals surface area (Å²) in [4.78, 5) is 0.0401. The van der Waals surface area contributed by atoms with Crippen molar-refractivity contribution in [2.24, 2.45) is 0 Å². The number of ether oxygens (including phenoxy) is 1. The lowest BCUT2D eigenvalue weighted by molar-refractivity contribution is 0.478. The molecule has 0 radical (unpaired) electrons. The fraction of sp³-hybridized carbons (Fsp3) is 0.200. The van der Waals surface area contributed by atoms with Crippen LogP contribution in [0.1, 0.15) is 11.1 Å². The highest BCUT2D eigenvalue weighted by Crippen LogP contribution is 2.29. The van der Waals surface area contributed by atoms with Gasteiger partial charge in [-0.2, -0.15) is 0 Å². The normalized spacial score (nSPS) is 11.4. The second-order valence-corrected chi connectivity index (χ2v) is 6.63. The molecule has 0 saturated heterocycles. The molecule has 0 atom stereocenters. The van der Waals surface area contributed by atoms with Crippen molar-refractivity contribution in [3.63, 3.8) is 0 Å². The number of aryl methyl sites for hydroxylation is 2. The Morgan fingerprint density at radius 1 is 1.10 bits per heavy atom. The molecule has 0 fully saturated rings. The number of rotatable bonds is 4. The molecular formula is C15H18N2O3S. The minimum Gasteiger partial charge on any atom is -0.457 e. The third-order valence-electron chi connectivity index (χ3n) is 3.11. The largest absolute Gasteiger partial charge is 0.457 e. The van der Waals surface area contributed by atoms with Crippen LogP contribution < -0.4 is 15.2 Å². The van der Waals surface area contributed by atoms with Crippen molar-refractivity contribution < 1.29 is 13.2 Å². The van der Waals surface area contributed by atoms with Gasteiger partial charge in [0.1, 0.15) is 16.4 Å². The molecule has 2 aromatic rings. The molecule has 0 saturated carbocycles. The zero-order valence-electron chi connectivity index (χ0n) is 12.2. The SMILES string of the molecule is CNS(=O)(=O)c1ccc(Oc2cc(C)ccc2C)cc1N. The summed E-state index contributed by atoms with van der Waals surface area (Å²) in [5.41, 5.74) is 8.02. The maximum atomic E-state index is 11.8. The Hall–Kier alpha value is -2.05. The van der Waals surface area contributed by atoms with E-state index in [2.05, 4.69) is 4.72 Å². The van der Waals surface area contributed by atoms with Gasteiger partial charge in [0.2, 0.25) is 10.0 Å². The van der Waals surface area contributed by atoms with Gasteiger partial charge in [0, 0.05) is 6.07 Å². The lowest BCUT2D eigenvalue weighted by Crippen LogP contribution is -2.19. The topological polar surface area (TPSA) is 81.4 Å². The average molecular weight is 306 g/mol. The Morgan fingerprint density at radius 3 is 2.43 bits per heavy atom. The molecule has 0 heterocycles. The summed E-state index contributed by atoms with van der Waals surface area (Å²) in [6.45, 7) is 3.92. The predicted octanol–water partition coefficient (Wildman–Crippen LogP) is 2.59. The van der Waals surface area contributed by atoms with Crippen LogP contribution in [0.2, 0.25) is 0 Å². The number of nitrogen functional groups attached to an aromatic ring is 1. The molecule has 0 amide bonds. The zero-order valence-corrected chi connectivity index (χ0v) is 13.0. The average Bonchev–Trinajstić information content (AvgIpc) is 2.43. The second kappa shape index (κ2) is 5.75. The standard InChI is InChI=1S/C15H18N2O3S/c1-10-4-5-11(2)14(8-10)20-12-6-7-15(13(16)9-12)21(18,19)17-3/h4-9,17H,16H2,1-3H3. The fourth-order valence-corrected chi connectivity index (χ4v) is 2.73. The summed E-state index contributed by atoms with van der Waals surface area (Å²) in [6.07, 6.45) is 0. The van der Waals surface area contributed by atoms with Crippen molar-refractivity contribution in [1.82, 2.24) is 4.72 Å². The lowest BCUT2D eigenvalue weighted by atomic mass is 10.1. The third-order valence-corrected chi connectivity index (χ3v) is 4.60. The van der Waals surface area contributed by atoms with E-state index in [1.54, 1.807) is 6.07 Å². The van der Waals surface area contributed by atoms with E-state index in [1.807, 2.05) is 32.0 Å². The number of nitrogens with one attached hydrogen (secondary N) is 1. The summed E-state index contributed by atoms with van der Waals surface area (Å²) in [7, 11) is -2.22. The van der Waals surface area contributed by atoms with E-state index in [4.69, 9.17) is 10.5 Å². The minimum absolute atomic E-state index is 0.0401. The van der Waals surface area contributed by atoms with Gasteiger partial charge in [0.15, 0.2) is 0 Å². The second-order valence-electron chi connectivity index (χ2n) is 4.78. The van der Waals surface area contributed by atoms with E-state index in [0.29, 0.717) is 5.75 Å². The Kier molecular flexibility index (Phi) is 4.20. The number of hydrogen-bond acceptors (Lipinski definition) is 4. The molecule has 5 nitrogen and oxygen atoms in total. The number of sulfonamides is 1. The van der Waals surface area contributed by atoms with Gasteiger partial charge in [0.05, 0.1) is 5.69 Å². The Balaban J connectivity index is 2.35. The van der Waals surface area contributed by atoms with Gasteiger partial charge in [-0.1, -0.05) is 12.1 Å². The first-order chi connectivity index (χ1) is 9.83. The Bertz CT molecular complexity index is 770. The molecule has 6 heteroatoms. The predicted molar refractivity (Wildman–Crippen MR) is 83.1 cm³/mol. The summed E-state index contributed by atoms with van der Waals surface area (Å²) in [5.74, 6) is 1.22. The van der Waals surface area contributed by atoms with Crippen molar-refractivity contribution in [3.8, 4) is 11.5 Å². The highest BCUT2D eigenvalue weighted by atomic mass is 32.2. The molecule has 2 rings (SSSR count).